The van der Waals surface area contributed by atoms with Gasteiger partial charge in [0.15, 0.2) is 0 Å². The molecule has 2 nitrogen and oxygen atoms in total. The van der Waals surface area contributed by atoms with Crippen molar-refractivity contribution >= 4 is 43.5 Å². The Balaban J connectivity index is 1.83. The third kappa shape index (κ3) is 5.09. The van der Waals surface area contributed by atoms with Gasteiger partial charge in [0.2, 0.25) is 0 Å². The van der Waals surface area contributed by atoms with Crippen molar-refractivity contribution in [3.8, 4) is 11.8 Å². The van der Waals surface area contributed by atoms with E-state index in [1.165, 1.54) is 12.1 Å². The van der Waals surface area contributed by atoms with E-state index in [4.69, 9.17) is 4.74 Å². The Kier molecular flexibility index (Phi) is 6.66. The molecule has 0 radical (unpaired) electrons. The summed E-state index contributed by atoms with van der Waals surface area (Å²) in [5.74, 6) is 0.374. The highest BCUT2D eigenvalue weighted by molar-refractivity contribution is 9.11. The van der Waals surface area contributed by atoms with Gasteiger partial charge in [-0.3, -0.25) is 0 Å². The van der Waals surface area contributed by atoms with Gasteiger partial charge in [0.25, 0.3) is 0 Å². The molecular formula is C23H16Br2FNO. The monoisotopic (exact) mass is 499 g/mol. The van der Waals surface area contributed by atoms with E-state index in [0.29, 0.717) is 17.9 Å². The molecule has 0 atom stereocenters. The zero-order valence-electron chi connectivity index (χ0n) is 15.0. The van der Waals surface area contributed by atoms with Gasteiger partial charge in [0.1, 0.15) is 18.2 Å². The van der Waals surface area contributed by atoms with E-state index in [-0.39, 0.29) is 5.82 Å². The van der Waals surface area contributed by atoms with Gasteiger partial charge in [-0.2, -0.15) is 5.26 Å². The molecule has 0 aromatic heterocycles. The molecule has 5 heteroatoms. The van der Waals surface area contributed by atoms with Crippen LogP contribution in [0.5, 0.6) is 5.75 Å². The van der Waals surface area contributed by atoms with E-state index in [1.54, 1.807) is 12.1 Å². The molecule has 3 aromatic rings. The first kappa shape index (κ1) is 20.3. The Morgan fingerprint density at radius 3 is 2.21 bits per heavy atom. The minimum Gasteiger partial charge on any atom is -0.487 e. The van der Waals surface area contributed by atoms with Crippen LogP contribution in [0.4, 0.5) is 4.39 Å². The van der Waals surface area contributed by atoms with Gasteiger partial charge in [0.05, 0.1) is 20.6 Å². The van der Waals surface area contributed by atoms with Gasteiger partial charge >= 0.3 is 0 Å². The Hall–Kier alpha value is -2.42. The van der Waals surface area contributed by atoms with E-state index in [0.717, 1.165) is 31.2 Å². The summed E-state index contributed by atoms with van der Waals surface area (Å²) in [5.41, 5.74) is 4.34. The predicted octanol–water partition coefficient (Wildman–Crippen LogP) is 7.30. The number of allylic oxidation sites excluding steroid dienone is 1. The number of hydrogen-bond acceptors (Lipinski definition) is 2. The number of benzene rings is 3. The fourth-order valence-corrected chi connectivity index (χ4v) is 4.07. The average Bonchev–Trinajstić information content (AvgIpc) is 2.67. The minimum atomic E-state index is -0.274. The lowest BCUT2D eigenvalue weighted by molar-refractivity contribution is 0.302. The largest absolute Gasteiger partial charge is 0.487 e. The first-order valence-corrected chi connectivity index (χ1v) is 10.1. The zero-order valence-corrected chi connectivity index (χ0v) is 18.2. The molecule has 140 valence electrons. The van der Waals surface area contributed by atoms with E-state index >= 15 is 0 Å². The molecule has 0 heterocycles. The molecule has 0 unspecified atom stereocenters. The van der Waals surface area contributed by atoms with E-state index in [9.17, 15) is 9.65 Å². The van der Waals surface area contributed by atoms with E-state index < -0.39 is 0 Å². The summed E-state index contributed by atoms with van der Waals surface area (Å²) < 4.78 is 20.4. The fourth-order valence-electron chi connectivity index (χ4n) is 2.62. The molecule has 0 aliphatic carbocycles. The van der Waals surface area contributed by atoms with Crippen LogP contribution in [0.15, 0.2) is 69.6 Å². The number of nitrogens with zero attached hydrogens (tertiary/aromatic N) is 1. The number of ether oxygens (including phenoxy) is 1. The van der Waals surface area contributed by atoms with Crippen LogP contribution in [0.1, 0.15) is 22.3 Å². The van der Waals surface area contributed by atoms with Crippen LogP contribution in [0, 0.1) is 24.1 Å². The van der Waals surface area contributed by atoms with Gasteiger partial charge in [-0.1, -0.05) is 42.0 Å². The SMILES string of the molecule is Cc1ccc(/C(C#N)=C/c2cc(Br)c(OCc3ccc(F)cc3)c(Br)c2)cc1. The Bertz CT molecular complexity index is 1030. The summed E-state index contributed by atoms with van der Waals surface area (Å²) in [6, 6.07) is 20.1. The molecule has 0 saturated carbocycles. The van der Waals surface area contributed by atoms with Crippen molar-refractivity contribution in [1.82, 2.24) is 0 Å². The molecule has 0 aliphatic rings. The second kappa shape index (κ2) is 9.18. The average molecular weight is 501 g/mol. The van der Waals surface area contributed by atoms with Gasteiger partial charge < -0.3 is 4.74 Å². The van der Waals surface area contributed by atoms with Crippen LogP contribution in [-0.4, -0.2) is 0 Å². The van der Waals surface area contributed by atoms with Crippen molar-refractivity contribution in [2.24, 2.45) is 0 Å². The van der Waals surface area contributed by atoms with Gasteiger partial charge in [-0.25, -0.2) is 4.39 Å². The number of aryl methyl sites for hydroxylation is 1. The topological polar surface area (TPSA) is 33.0 Å². The molecule has 0 N–H and O–H groups in total. The van der Waals surface area contributed by atoms with Crippen molar-refractivity contribution in [2.45, 2.75) is 13.5 Å². The van der Waals surface area contributed by atoms with Crippen molar-refractivity contribution in [2.75, 3.05) is 0 Å². The van der Waals surface area contributed by atoms with E-state index in [1.807, 2.05) is 49.4 Å². The number of nitriles is 1. The number of rotatable bonds is 5. The summed E-state index contributed by atoms with van der Waals surface area (Å²) in [4.78, 5) is 0. The summed E-state index contributed by atoms with van der Waals surface area (Å²) >= 11 is 7.07. The predicted molar refractivity (Wildman–Crippen MR) is 117 cm³/mol. The van der Waals surface area contributed by atoms with Crippen molar-refractivity contribution < 1.29 is 9.13 Å². The van der Waals surface area contributed by atoms with Crippen LogP contribution < -0.4 is 4.74 Å². The molecule has 28 heavy (non-hydrogen) atoms. The summed E-state index contributed by atoms with van der Waals surface area (Å²) in [6.07, 6.45) is 1.84. The lowest BCUT2D eigenvalue weighted by Gasteiger charge is -2.12. The second-order valence-electron chi connectivity index (χ2n) is 6.26. The number of hydrogen-bond donors (Lipinski definition) is 0. The maximum Gasteiger partial charge on any atom is 0.148 e. The Labute approximate surface area is 180 Å². The maximum absolute atomic E-state index is 13.0. The van der Waals surface area contributed by atoms with Crippen LogP contribution in [-0.2, 0) is 6.61 Å². The van der Waals surface area contributed by atoms with Gasteiger partial charge in [0, 0.05) is 0 Å². The van der Waals surface area contributed by atoms with Crippen molar-refractivity contribution in [3.05, 3.63) is 97.7 Å². The molecule has 3 rings (SSSR count). The molecule has 0 amide bonds. The fraction of sp³-hybridized carbons (Fsp3) is 0.0870. The summed E-state index contributed by atoms with van der Waals surface area (Å²) in [5, 5.41) is 9.54. The first-order chi connectivity index (χ1) is 13.5. The first-order valence-electron chi connectivity index (χ1n) is 8.51. The highest BCUT2D eigenvalue weighted by Crippen LogP contribution is 2.36. The molecular weight excluding hydrogens is 485 g/mol. The highest BCUT2D eigenvalue weighted by atomic mass is 79.9. The van der Waals surface area contributed by atoms with E-state index in [2.05, 4.69) is 37.9 Å². The maximum atomic E-state index is 13.0. The lowest BCUT2D eigenvalue weighted by Crippen LogP contribution is -1.97. The Morgan fingerprint density at radius 1 is 1.04 bits per heavy atom. The number of halogens is 3. The molecule has 0 aliphatic heterocycles. The zero-order chi connectivity index (χ0) is 20.1. The highest BCUT2D eigenvalue weighted by Gasteiger charge is 2.10. The molecule has 0 spiro atoms. The van der Waals surface area contributed by atoms with Crippen molar-refractivity contribution in [3.63, 3.8) is 0 Å². The smallest absolute Gasteiger partial charge is 0.148 e. The minimum absolute atomic E-state index is 0.274. The van der Waals surface area contributed by atoms with Gasteiger partial charge in [-0.15, -0.1) is 0 Å². The Morgan fingerprint density at radius 2 is 1.64 bits per heavy atom. The molecule has 0 saturated heterocycles. The quantitative estimate of drug-likeness (QED) is 0.272. The van der Waals surface area contributed by atoms with Gasteiger partial charge in [-0.05, 0) is 85.8 Å². The lowest BCUT2D eigenvalue weighted by atomic mass is 10.0. The van der Waals surface area contributed by atoms with Crippen LogP contribution in [0.3, 0.4) is 0 Å². The molecule has 3 aromatic carbocycles. The third-order valence-electron chi connectivity index (χ3n) is 4.11. The third-order valence-corrected chi connectivity index (χ3v) is 5.29. The normalized spacial score (nSPS) is 11.2. The molecule has 0 bridgehead atoms. The van der Waals surface area contributed by atoms with Crippen LogP contribution in [0.2, 0.25) is 0 Å². The second-order valence-corrected chi connectivity index (χ2v) is 7.97. The van der Waals surface area contributed by atoms with Crippen molar-refractivity contribution in [1.29, 1.82) is 5.26 Å². The summed E-state index contributed by atoms with van der Waals surface area (Å²) in [7, 11) is 0. The molecule has 0 fully saturated rings. The van der Waals surface area contributed by atoms with Crippen LogP contribution in [0.25, 0.3) is 11.6 Å². The summed E-state index contributed by atoms with van der Waals surface area (Å²) in [6.45, 7) is 2.33. The standard InChI is InChI=1S/C23H16Br2FNO/c1-15-2-6-18(7-3-15)19(13-27)10-17-11-21(24)23(22(25)12-17)28-14-16-4-8-20(26)9-5-16/h2-12H,14H2,1H3/b19-10+. The van der Waals surface area contributed by atoms with Crippen LogP contribution >= 0.6 is 31.9 Å².